The van der Waals surface area contributed by atoms with E-state index < -0.39 is 7.60 Å². The van der Waals surface area contributed by atoms with E-state index in [9.17, 15) is 4.57 Å². The molecule has 2 aromatic carbocycles. The fourth-order valence-electron chi connectivity index (χ4n) is 1.97. The summed E-state index contributed by atoms with van der Waals surface area (Å²) in [6, 6.07) is 15.1. The van der Waals surface area contributed by atoms with Gasteiger partial charge in [0.15, 0.2) is 0 Å². The molecule has 0 fully saturated rings. The van der Waals surface area contributed by atoms with Gasteiger partial charge in [0, 0.05) is 24.0 Å². The fraction of sp³-hybridized carbons (Fsp3) is 0.250. The van der Waals surface area contributed by atoms with E-state index in [-0.39, 0.29) is 6.16 Å². The molecule has 0 bridgehead atoms. The molecule has 2 rings (SSSR count). The average Bonchev–Trinajstić information content (AvgIpc) is 2.52. The topological polar surface area (TPSA) is 76.0 Å². The summed E-state index contributed by atoms with van der Waals surface area (Å²) in [6.07, 6.45) is -0.234. The summed E-state index contributed by atoms with van der Waals surface area (Å²) in [5.41, 5.74) is 2.66. The minimum Gasteiger partial charge on any atom is -0.382 e. The molecule has 124 valence electrons. The number of ether oxygens (including phenoxy) is 1. The van der Waals surface area contributed by atoms with Crippen LogP contribution in [-0.4, -0.2) is 30.1 Å². The summed E-state index contributed by atoms with van der Waals surface area (Å²) in [6.45, 7) is 1.09. The molecule has 0 unspecified atom stereocenters. The van der Waals surface area contributed by atoms with Crippen molar-refractivity contribution in [1.82, 2.24) is 0 Å². The Kier molecular flexibility index (Phi) is 6.84. The largest absolute Gasteiger partial charge is 0.382 e. The van der Waals surface area contributed by atoms with E-state index in [1.807, 2.05) is 36.4 Å². The van der Waals surface area contributed by atoms with Crippen LogP contribution in [-0.2, 0) is 19.6 Å². The Hall–Kier alpha value is -1.14. The number of benzene rings is 2. The van der Waals surface area contributed by atoms with Crippen molar-refractivity contribution < 1.29 is 23.3 Å². The maximum atomic E-state index is 11.0. The van der Waals surface area contributed by atoms with Crippen LogP contribution in [0.5, 0.6) is 0 Å². The van der Waals surface area contributed by atoms with E-state index in [0.717, 1.165) is 16.0 Å². The predicted octanol–water partition coefficient (Wildman–Crippen LogP) is 3.70. The standard InChI is InChI=1S/C16H19O5PS/c1-20-10-11-21-23-16-8-6-15(7-9-16)14-4-2-13(3-5-14)12-22(17,18)19/h2-9H,10-12H2,1H3,(H2,17,18,19). The third-order valence-electron chi connectivity index (χ3n) is 3.06. The molecule has 2 aromatic rings. The predicted molar refractivity (Wildman–Crippen MR) is 91.3 cm³/mol. The van der Waals surface area contributed by atoms with Crippen molar-refractivity contribution in [3.05, 3.63) is 54.1 Å². The maximum Gasteiger partial charge on any atom is 0.329 e. The van der Waals surface area contributed by atoms with Crippen LogP contribution in [0.3, 0.4) is 0 Å². The number of methoxy groups -OCH3 is 1. The highest BCUT2D eigenvalue weighted by Gasteiger charge is 2.13. The quantitative estimate of drug-likeness (QED) is 0.428. The fourth-order valence-corrected chi connectivity index (χ4v) is 3.19. The lowest BCUT2D eigenvalue weighted by Gasteiger charge is -2.07. The van der Waals surface area contributed by atoms with Crippen molar-refractivity contribution >= 4 is 19.6 Å². The Balaban J connectivity index is 1.97. The van der Waals surface area contributed by atoms with Crippen LogP contribution in [0.1, 0.15) is 5.56 Å². The lowest BCUT2D eigenvalue weighted by Crippen LogP contribution is -1.96. The Morgan fingerprint density at radius 3 is 2.04 bits per heavy atom. The molecule has 2 N–H and O–H groups in total. The van der Waals surface area contributed by atoms with Crippen LogP contribution in [0.15, 0.2) is 53.4 Å². The van der Waals surface area contributed by atoms with Crippen LogP contribution < -0.4 is 0 Å². The smallest absolute Gasteiger partial charge is 0.329 e. The van der Waals surface area contributed by atoms with E-state index in [4.69, 9.17) is 18.7 Å². The molecule has 0 saturated carbocycles. The normalized spacial score (nSPS) is 11.6. The van der Waals surface area contributed by atoms with Crippen molar-refractivity contribution in [2.75, 3.05) is 20.3 Å². The molecule has 0 aliphatic heterocycles. The summed E-state index contributed by atoms with van der Waals surface area (Å²) < 4.78 is 21.3. The molecular weight excluding hydrogens is 335 g/mol. The maximum absolute atomic E-state index is 11.0. The van der Waals surface area contributed by atoms with Gasteiger partial charge < -0.3 is 18.7 Å². The number of hydrogen-bond acceptors (Lipinski definition) is 4. The van der Waals surface area contributed by atoms with Gasteiger partial charge in [-0.25, -0.2) is 0 Å². The van der Waals surface area contributed by atoms with Crippen LogP contribution in [0.4, 0.5) is 0 Å². The van der Waals surface area contributed by atoms with Gasteiger partial charge in [-0.3, -0.25) is 4.57 Å². The Morgan fingerprint density at radius 2 is 1.52 bits per heavy atom. The van der Waals surface area contributed by atoms with Gasteiger partial charge in [0.1, 0.15) is 0 Å². The first-order valence-electron chi connectivity index (χ1n) is 7.00. The first-order chi connectivity index (χ1) is 11.0. The highest BCUT2D eigenvalue weighted by atomic mass is 32.2. The van der Waals surface area contributed by atoms with Gasteiger partial charge in [-0.05, 0) is 28.8 Å². The summed E-state index contributed by atoms with van der Waals surface area (Å²) in [4.78, 5) is 19.0. The first-order valence-corrected chi connectivity index (χ1v) is 9.54. The Morgan fingerprint density at radius 1 is 0.957 bits per heavy atom. The van der Waals surface area contributed by atoms with E-state index in [1.54, 1.807) is 19.2 Å². The summed E-state index contributed by atoms with van der Waals surface area (Å²) in [5, 5.41) is 0. The molecule has 5 nitrogen and oxygen atoms in total. The number of hydrogen-bond donors (Lipinski definition) is 2. The van der Waals surface area contributed by atoms with Crippen molar-refractivity contribution in [3.63, 3.8) is 0 Å². The molecule has 0 spiro atoms. The van der Waals surface area contributed by atoms with Gasteiger partial charge in [-0.15, -0.1) is 0 Å². The zero-order valence-corrected chi connectivity index (χ0v) is 14.4. The van der Waals surface area contributed by atoms with Crippen LogP contribution in [0.25, 0.3) is 11.1 Å². The molecule has 0 aromatic heterocycles. The molecule has 0 saturated heterocycles. The zero-order valence-electron chi connectivity index (χ0n) is 12.7. The van der Waals surface area contributed by atoms with Gasteiger partial charge >= 0.3 is 7.60 Å². The summed E-state index contributed by atoms with van der Waals surface area (Å²) >= 11 is 1.31. The van der Waals surface area contributed by atoms with Crippen molar-refractivity contribution in [3.8, 4) is 11.1 Å². The number of rotatable bonds is 8. The van der Waals surface area contributed by atoms with E-state index in [2.05, 4.69) is 0 Å². The van der Waals surface area contributed by atoms with Gasteiger partial charge in [0.25, 0.3) is 0 Å². The third kappa shape index (κ3) is 6.47. The Labute approximate surface area is 140 Å². The monoisotopic (exact) mass is 354 g/mol. The summed E-state index contributed by atoms with van der Waals surface area (Å²) in [7, 11) is -2.39. The van der Waals surface area contributed by atoms with Crippen LogP contribution >= 0.6 is 19.6 Å². The molecule has 0 heterocycles. The average molecular weight is 354 g/mol. The Bertz CT molecular complexity index is 651. The van der Waals surface area contributed by atoms with Gasteiger partial charge in [0.05, 0.1) is 19.4 Å². The molecule has 0 aliphatic rings. The second-order valence-electron chi connectivity index (χ2n) is 4.94. The van der Waals surface area contributed by atoms with Crippen molar-refractivity contribution in [2.45, 2.75) is 11.1 Å². The third-order valence-corrected chi connectivity index (χ3v) is 4.58. The second kappa shape index (κ2) is 8.64. The molecule has 23 heavy (non-hydrogen) atoms. The molecule has 0 atom stereocenters. The van der Waals surface area contributed by atoms with Crippen LogP contribution in [0.2, 0.25) is 0 Å². The van der Waals surface area contributed by atoms with E-state index in [0.29, 0.717) is 18.8 Å². The van der Waals surface area contributed by atoms with E-state index >= 15 is 0 Å². The van der Waals surface area contributed by atoms with Gasteiger partial charge in [0.2, 0.25) is 0 Å². The lowest BCUT2D eigenvalue weighted by molar-refractivity contribution is 0.157. The van der Waals surface area contributed by atoms with Crippen molar-refractivity contribution in [1.29, 1.82) is 0 Å². The lowest BCUT2D eigenvalue weighted by atomic mass is 10.0. The molecule has 0 aliphatic carbocycles. The van der Waals surface area contributed by atoms with E-state index in [1.165, 1.54) is 12.0 Å². The molecular formula is C16H19O5PS. The second-order valence-corrected chi connectivity index (χ2v) is 7.46. The highest BCUT2D eigenvalue weighted by Crippen LogP contribution is 2.39. The molecule has 0 amide bonds. The van der Waals surface area contributed by atoms with Crippen LogP contribution in [0, 0.1) is 0 Å². The molecule has 7 heteroatoms. The first kappa shape index (κ1) is 18.2. The highest BCUT2D eigenvalue weighted by molar-refractivity contribution is 7.94. The van der Waals surface area contributed by atoms with Crippen molar-refractivity contribution in [2.24, 2.45) is 0 Å². The minimum atomic E-state index is -4.02. The minimum absolute atomic E-state index is 0.234. The molecule has 0 radical (unpaired) electrons. The summed E-state index contributed by atoms with van der Waals surface area (Å²) in [5.74, 6) is 0. The SMILES string of the molecule is COCCOSc1ccc(-c2ccc(CP(=O)(O)O)cc2)cc1. The zero-order chi connectivity index (χ0) is 16.7. The van der Waals surface area contributed by atoms with Gasteiger partial charge in [-0.2, -0.15) is 0 Å². The van der Waals surface area contributed by atoms with Gasteiger partial charge in [-0.1, -0.05) is 36.4 Å².